The highest BCUT2D eigenvalue weighted by Crippen LogP contribution is 2.27. The zero-order valence-electron chi connectivity index (χ0n) is 17.4. The van der Waals surface area contributed by atoms with Gasteiger partial charge in [-0.15, -0.1) is 0 Å². The summed E-state index contributed by atoms with van der Waals surface area (Å²) < 4.78 is 61.1. The maximum absolute atomic E-state index is 12.8. The van der Waals surface area contributed by atoms with Crippen molar-refractivity contribution >= 4 is 31.8 Å². The predicted octanol–water partition coefficient (Wildman–Crippen LogP) is 2.16. The zero-order valence-corrected chi connectivity index (χ0v) is 19.0. The van der Waals surface area contributed by atoms with Crippen LogP contribution in [0, 0.1) is 5.92 Å². The van der Waals surface area contributed by atoms with Crippen LogP contribution in [0.2, 0.25) is 0 Å². The summed E-state index contributed by atoms with van der Waals surface area (Å²) in [6.07, 6.45) is 0.113. The molecule has 1 fully saturated rings. The van der Waals surface area contributed by atoms with Crippen LogP contribution in [-0.4, -0.2) is 59.7 Å². The molecule has 0 unspecified atom stereocenters. The van der Waals surface area contributed by atoms with Gasteiger partial charge in [-0.2, -0.15) is 0 Å². The Hall–Kier alpha value is -2.83. The van der Waals surface area contributed by atoms with Crippen molar-refractivity contribution in [3.63, 3.8) is 0 Å². The number of rotatable bonds is 8. The zero-order chi connectivity index (χ0) is 23.4. The van der Waals surface area contributed by atoms with E-state index in [1.54, 1.807) is 18.2 Å². The highest BCUT2D eigenvalue weighted by molar-refractivity contribution is 7.93. The molecule has 3 rings (SSSR count). The lowest BCUT2D eigenvalue weighted by atomic mass is 9.97. The fourth-order valence-electron chi connectivity index (χ4n) is 3.38. The van der Waals surface area contributed by atoms with Crippen LogP contribution in [0.25, 0.3) is 0 Å². The third-order valence-electron chi connectivity index (χ3n) is 5.22. The standard InChI is InChI=1S/C20H25N3O7S2/c1-30-19-8-3-2-7-18(19)22-32(28,29)17-6-4-5-16(13-17)31(26,27)21-14-15-9-11-23(12-10-15)20(24)25/h2-8,13,15,21-22H,9-12,14H2,1H3,(H,24,25). The Morgan fingerprint density at radius 2 is 1.66 bits per heavy atom. The lowest BCUT2D eigenvalue weighted by Gasteiger charge is -2.29. The molecule has 1 amide bonds. The van der Waals surface area contributed by atoms with Gasteiger partial charge >= 0.3 is 6.09 Å². The Balaban J connectivity index is 1.71. The lowest BCUT2D eigenvalue weighted by molar-refractivity contribution is 0.125. The fraction of sp³-hybridized carbons (Fsp3) is 0.350. The lowest BCUT2D eigenvalue weighted by Crippen LogP contribution is -2.40. The van der Waals surface area contributed by atoms with E-state index in [1.165, 1.54) is 36.3 Å². The van der Waals surface area contributed by atoms with Crippen LogP contribution < -0.4 is 14.2 Å². The maximum Gasteiger partial charge on any atom is 0.407 e. The van der Waals surface area contributed by atoms with Crippen LogP contribution in [-0.2, 0) is 20.0 Å². The quantitative estimate of drug-likeness (QED) is 0.522. The van der Waals surface area contributed by atoms with Crippen molar-refractivity contribution in [3.05, 3.63) is 48.5 Å². The number of nitrogens with one attached hydrogen (secondary N) is 2. The molecule has 32 heavy (non-hydrogen) atoms. The summed E-state index contributed by atoms with van der Waals surface area (Å²) >= 11 is 0. The van der Waals surface area contributed by atoms with Gasteiger partial charge in [-0.05, 0) is 49.1 Å². The van der Waals surface area contributed by atoms with Crippen LogP contribution >= 0.6 is 0 Å². The van der Waals surface area contributed by atoms with Crippen molar-refractivity contribution in [1.82, 2.24) is 9.62 Å². The number of benzene rings is 2. The van der Waals surface area contributed by atoms with Gasteiger partial charge in [0.2, 0.25) is 10.0 Å². The Morgan fingerprint density at radius 1 is 1.03 bits per heavy atom. The molecule has 0 aliphatic carbocycles. The summed E-state index contributed by atoms with van der Waals surface area (Å²) in [6, 6.07) is 11.5. The van der Waals surface area contributed by atoms with Gasteiger partial charge in [0.25, 0.3) is 10.0 Å². The number of nitrogens with zero attached hydrogens (tertiary/aromatic N) is 1. The van der Waals surface area contributed by atoms with Gasteiger partial charge in [0, 0.05) is 19.6 Å². The number of carboxylic acid groups (broad SMARTS) is 1. The van der Waals surface area contributed by atoms with Gasteiger partial charge in [0.05, 0.1) is 22.6 Å². The third-order valence-corrected chi connectivity index (χ3v) is 8.01. The van der Waals surface area contributed by atoms with Crippen molar-refractivity contribution in [3.8, 4) is 5.75 Å². The van der Waals surface area contributed by atoms with E-state index in [2.05, 4.69) is 9.44 Å². The number of hydrogen-bond acceptors (Lipinski definition) is 6. The second-order valence-corrected chi connectivity index (χ2v) is 10.8. The molecular weight excluding hydrogens is 458 g/mol. The van der Waals surface area contributed by atoms with E-state index in [4.69, 9.17) is 9.84 Å². The second-order valence-electron chi connectivity index (χ2n) is 7.35. The second kappa shape index (κ2) is 9.76. The Morgan fingerprint density at radius 3 is 2.28 bits per heavy atom. The number of methoxy groups -OCH3 is 1. The molecule has 0 bridgehead atoms. The van der Waals surface area contributed by atoms with Crippen LogP contribution in [0.15, 0.2) is 58.3 Å². The molecule has 174 valence electrons. The molecule has 1 aliphatic heterocycles. The van der Waals surface area contributed by atoms with E-state index < -0.39 is 26.1 Å². The van der Waals surface area contributed by atoms with Gasteiger partial charge in [0.15, 0.2) is 0 Å². The molecule has 0 atom stereocenters. The fourth-order valence-corrected chi connectivity index (χ4v) is 5.73. The number of piperidine rings is 1. The third kappa shape index (κ3) is 5.69. The summed E-state index contributed by atoms with van der Waals surface area (Å²) in [4.78, 5) is 11.9. The van der Waals surface area contributed by atoms with E-state index in [1.807, 2.05) is 0 Å². The molecule has 0 radical (unpaired) electrons. The van der Waals surface area contributed by atoms with Crippen molar-refractivity contribution in [2.45, 2.75) is 22.6 Å². The molecule has 0 spiro atoms. The molecule has 1 saturated heterocycles. The van der Waals surface area contributed by atoms with Crippen LogP contribution in [0.4, 0.5) is 10.5 Å². The first kappa shape index (κ1) is 23.8. The number of anilines is 1. The summed E-state index contributed by atoms with van der Waals surface area (Å²) in [6.45, 7) is 0.848. The maximum atomic E-state index is 12.8. The Labute approximate surface area is 187 Å². The van der Waals surface area contributed by atoms with Crippen molar-refractivity contribution < 1.29 is 31.5 Å². The first-order valence-corrected chi connectivity index (χ1v) is 12.8. The smallest absolute Gasteiger partial charge is 0.407 e. The van der Waals surface area contributed by atoms with Crippen molar-refractivity contribution in [1.29, 1.82) is 0 Å². The van der Waals surface area contributed by atoms with Crippen molar-refractivity contribution in [2.75, 3.05) is 31.5 Å². The van der Waals surface area contributed by atoms with Gasteiger partial charge in [-0.1, -0.05) is 18.2 Å². The molecule has 2 aromatic carbocycles. The SMILES string of the molecule is COc1ccccc1NS(=O)(=O)c1cccc(S(=O)(=O)NCC2CCN(C(=O)O)CC2)c1. The van der Waals surface area contributed by atoms with Gasteiger partial charge in [-0.3, -0.25) is 4.72 Å². The minimum atomic E-state index is -4.06. The monoisotopic (exact) mass is 483 g/mol. The minimum Gasteiger partial charge on any atom is -0.495 e. The van der Waals surface area contributed by atoms with E-state index in [9.17, 15) is 21.6 Å². The molecular formula is C20H25N3O7S2. The van der Waals surface area contributed by atoms with Gasteiger partial charge in [0.1, 0.15) is 5.75 Å². The summed E-state index contributed by atoms with van der Waals surface area (Å²) in [5.41, 5.74) is 0.231. The number of para-hydroxylation sites is 2. The number of likely N-dealkylation sites (tertiary alicyclic amines) is 1. The average Bonchev–Trinajstić information content (AvgIpc) is 2.78. The number of amides is 1. The average molecular weight is 484 g/mol. The van der Waals surface area contributed by atoms with Crippen LogP contribution in [0.5, 0.6) is 5.75 Å². The Kier molecular flexibility index (Phi) is 7.26. The number of carbonyl (C=O) groups is 1. The summed E-state index contributed by atoms with van der Waals surface area (Å²) in [5, 5.41) is 9.00. The van der Waals surface area contributed by atoms with E-state index >= 15 is 0 Å². The summed E-state index contributed by atoms with van der Waals surface area (Å²) in [5.74, 6) is 0.329. The first-order chi connectivity index (χ1) is 15.1. The molecule has 1 heterocycles. The molecule has 0 aromatic heterocycles. The highest BCUT2D eigenvalue weighted by Gasteiger charge is 2.25. The Bertz CT molecular complexity index is 1180. The summed E-state index contributed by atoms with van der Waals surface area (Å²) in [7, 11) is -6.60. The van der Waals surface area contributed by atoms with Crippen molar-refractivity contribution in [2.24, 2.45) is 5.92 Å². The number of ether oxygens (including phenoxy) is 1. The van der Waals surface area contributed by atoms with E-state index in [0.717, 1.165) is 6.07 Å². The van der Waals surface area contributed by atoms with Gasteiger partial charge in [-0.25, -0.2) is 26.4 Å². The molecule has 0 saturated carbocycles. The molecule has 2 aromatic rings. The molecule has 12 heteroatoms. The molecule has 1 aliphatic rings. The van der Waals surface area contributed by atoms with E-state index in [0.29, 0.717) is 31.7 Å². The largest absolute Gasteiger partial charge is 0.495 e. The molecule has 3 N–H and O–H groups in total. The predicted molar refractivity (Wildman–Crippen MR) is 118 cm³/mol. The number of sulfonamides is 2. The first-order valence-electron chi connectivity index (χ1n) is 9.86. The van der Waals surface area contributed by atoms with Crippen LogP contribution in [0.3, 0.4) is 0 Å². The van der Waals surface area contributed by atoms with E-state index in [-0.39, 0.29) is 27.9 Å². The topological polar surface area (TPSA) is 142 Å². The highest BCUT2D eigenvalue weighted by atomic mass is 32.2. The molecule has 10 nitrogen and oxygen atoms in total. The van der Waals surface area contributed by atoms with Crippen LogP contribution in [0.1, 0.15) is 12.8 Å². The van der Waals surface area contributed by atoms with Gasteiger partial charge < -0.3 is 14.7 Å². The normalized spacial score (nSPS) is 15.3. The number of hydrogen-bond donors (Lipinski definition) is 3. The minimum absolute atomic E-state index is 0.000461.